The number of para-hydroxylation sites is 1. The standard InChI is InChI=1S/C17H17F2NO2/c1-10-7-8-11(2)15(9-10)22-12(3)17(21)20-16-13(18)5-4-6-14(16)19/h4-9,12H,1-3H3,(H,20,21)/t12-/m1/s1. The van der Waals surface area contributed by atoms with Crippen LogP contribution in [0.25, 0.3) is 0 Å². The van der Waals surface area contributed by atoms with Crippen LogP contribution in [0.4, 0.5) is 14.5 Å². The van der Waals surface area contributed by atoms with E-state index in [1.165, 1.54) is 13.0 Å². The van der Waals surface area contributed by atoms with Crippen molar-refractivity contribution < 1.29 is 18.3 Å². The summed E-state index contributed by atoms with van der Waals surface area (Å²) >= 11 is 0. The molecule has 0 unspecified atom stereocenters. The second-order valence-corrected chi connectivity index (χ2v) is 5.11. The Morgan fingerprint density at radius 2 is 1.77 bits per heavy atom. The molecule has 0 spiro atoms. The summed E-state index contributed by atoms with van der Waals surface area (Å²) < 4.78 is 32.6. The summed E-state index contributed by atoms with van der Waals surface area (Å²) in [5.41, 5.74) is 1.40. The van der Waals surface area contributed by atoms with Gasteiger partial charge >= 0.3 is 0 Å². The number of hydrogen-bond donors (Lipinski definition) is 1. The van der Waals surface area contributed by atoms with Crippen LogP contribution >= 0.6 is 0 Å². The first-order chi connectivity index (χ1) is 10.4. The van der Waals surface area contributed by atoms with Crippen molar-refractivity contribution in [2.75, 3.05) is 5.32 Å². The largest absolute Gasteiger partial charge is 0.481 e. The topological polar surface area (TPSA) is 38.3 Å². The minimum atomic E-state index is -0.889. The Bertz CT molecular complexity index is 681. The second-order valence-electron chi connectivity index (χ2n) is 5.11. The van der Waals surface area contributed by atoms with Crippen LogP contribution in [0.15, 0.2) is 36.4 Å². The van der Waals surface area contributed by atoms with Gasteiger partial charge in [0.05, 0.1) is 0 Å². The number of anilines is 1. The summed E-state index contributed by atoms with van der Waals surface area (Å²) in [7, 11) is 0. The van der Waals surface area contributed by atoms with Gasteiger partial charge in [0.2, 0.25) is 0 Å². The molecular weight excluding hydrogens is 288 g/mol. The van der Waals surface area contributed by atoms with Crippen molar-refractivity contribution in [2.45, 2.75) is 26.9 Å². The molecule has 0 radical (unpaired) electrons. The molecule has 1 amide bonds. The smallest absolute Gasteiger partial charge is 0.265 e. The average Bonchev–Trinajstić information content (AvgIpc) is 2.46. The number of aryl methyl sites for hydroxylation is 2. The first-order valence-corrected chi connectivity index (χ1v) is 6.87. The third kappa shape index (κ3) is 3.61. The van der Waals surface area contributed by atoms with E-state index in [4.69, 9.17) is 4.74 Å². The second kappa shape index (κ2) is 6.56. The molecule has 2 aromatic rings. The van der Waals surface area contributed by atoms with Crippen LogP contribution in [-0.4, -0.2) is 12.0 Å². The monoisotopic (exact) mass is 305 g/mol. The molecule has 116 valence electrons. The summed E-state index contributed by atoms with van der Waals surface area (Å²) in [6, 6.07) is 9.01. The maximum absolute atomic E-state index is 13.5. The lowest BCUT2D eigenvalue weighted by Gasteiger charge is -2.17. The lowest BCUT2D eigenvalue weighted by atomic mass is 10.1. The minimum absolute atomic E-state index is 0.469. The molecule has 22 heavy (non-hydrogen) atoms. The summed E-state index contributed by atoms with van der Waals surface area (Å²) in [5.74, 6) is -1.71. The van der Waals surface area contributed by atoms with Gasteiger partial charge in [-0.3, -0.25) is 4.79 Å². The van der Waals surface area contributed by atoms with E-state index in [0.717, 1.165) is 23.3 Å². The van der Waals surface area contributed by atoms with E-state index in [-0.39, 0.29) is 0 Å². The van der Waals surface area contributed by atoms with Gasteiger partial charge in [-0.25, -0.2) is 8.78 Å². The fourth-order valence-corrected chi connectivity index (χ4v) is 1.92. The van der Waals surface area contributed by atoms with Crippen LogP contribution in [-0.2, 0) is 4.79 Å². The molecule has 2 rings (SSSR count). The van der Waals surface area contributed by atoms with E-state index >= 15 is 0 Å². The molecular formula is C17H17F2NO2. The van der Waals surface area contributed by atoms with Gasteiger partial charge in [-0.2, -0.15) is 0 Å². The lowest BCUT2D eigenvalue weighted by Crippen LogP contribution is -2.31. The summed E-state index contributed by atoms with van der Waals surface area (Å²) in [5, 5.41) is 2.22. The fourth-order valence-electron chi connectivity index (χ4n) is 1.92. The van der Waals surface area contributed by atoms with Crippen LogP contribution in [0.2, 0.25) is 0 Å². The highest BCUT2D eigenvalue weighted by Gasteiger charge is 2.19. The highest BCUT2D eigenvalue weighted by atomic mass is 19.1. The van der Waals surface area contributed by atoms with E-state index in [0.29, 0.717) is 5.75 Å². The highest BCUT2D eigenvalue weighted by molar-refractivity contribution is 5.94. The number of carbonyl (C=O) groups excluding carboxylic acids is 1. The Hall–Kier alpha value is -2.43. The highest BCUT2D eigenvalue weighted by Crippen LogP contribution is 2.22. The van der Waals surface area contributed by atoms with E-state index in [9.17, 15) is 13.6 Å². The van der Waals surface area contributed by atoms with Crippen LogP contribution in [0.3, 0.4) is 0 Å². The zero-order valence-electron chi connectivity index (χ0n) is 12.6. The lowest BCUT2D eigenvalue weighted by molar-refractivity contribution is -0.122. The maximum Gasteiger partial charge on any atom is 0.265 e. The molecule has 0 saturated carbocycles. The van der Waals surface area contributed by atoms with E-state index in [2.05, 4.69) is 5.32 Å². The number of ether oxygens (including phenoxy) is 1. The predicted molar refractivity (Wildman–Crippen MR) is 81.0 cm³/mol. The Kier molecular flexibility index (Phi) is 4.75. The number of rotatable bonds is 4. The molecule has 0 saturated heterocycles. The Labute approximate surface area is 127 Å². The number of nitrogens with one attached hydrogen (secondary N) is 1. The Morgan fingerprint density at radius 1 is 1.14 bits per heavy atom. The SMILES string of the molecule is Cc1ccc(C)c(O[C@H](C)C(=O)Nc2c(F)cccc2F)c1. The van der Waals surface area contributed by atoms with Gasteiger partial charge in [-0.1, -0.05) is 18.2 Å². The van der Waals surface area contributed by atoms with Crippen molar-refractivity contribution >= 4 is 11.6 Å². The normalized spacial score (nSPS) is 11.9. The van der Waals surface area contributed by atoms with Crippen LogP contribution < -0.4 is 10.1 Å². The van der Waals surface area contributed by atoms with E-state index in [1.807, 2.05) is 32.0 Å². The number of hydrogen-bond acceptors (Lipinski definition) is 2. The minimum Gasteiger partial charge on any atom is -0.481 e. The van der Waals surface area contributed by atoms with Gasteiger partial charge in [-0.15, -0.1) is 0 Å². The van der Waals surface area contributed by atoms with Crippen molar-refractivity contribution in [2.24, 2.45) is 0 Å². The zero-order chi connectivity index (χ0) is 16.3. The van der Waals surface area contributed by atoms with Crippen molar-refractivity contribution in [1.29, 1.82) is 0 Å². The Morgan fingerprint density at radius 3 is 2.41 bits per heavy atom. The third-order valence-electron chi connectivity index (χ3n) is 3.23. The van der Waals surface area contributed by atoms with Crippen LogP contribution in [0.5, 0.6) is 5.75 Å². The van der Waals surface area contributed by atoms with Crippen LogP contribution in [0, 0.1) is 25.5 Å². The van der Waals surface area contributed by atoms with Crippen molar-refractivity contribution in [3.8, 4) is 5.75 Å². The number of carbonyl (C=O) groups is 1. The number of benzene rings is 2. The first kappa shape index (κ1) is 15.9. The molecule has 2 aromatic carbocycles. The molecule has 0 aliphatic heterocycles. The molecule has 0 aliphatic rings. The fraction of sp³-hybridized carbons (Fsp3) is 0.235. The molecule has 0 heterocycles. The summed E-state index contributed by atoms with van der Waals surface area (Å²) in [4.78, 5) is 12.0. The van der Waals surface area contributed by atoms with Crippen LogP contribution in [0.1, 0.15) is 18.1 Å². The Balaban J connectivity index is 2.11. The molecule has 0 aliphatic carbocycles. The van der Waals surface area contributed by atoms with Crippen molar-refractivity contribution in [1.82, 2.24) is 0 Å². The molecule has 0 aromatic heterocycles. The van der Waals surface area contributed by atoms with Gasteiger partial charge in [0.25, 0.3) is 5.91 Å². The van der Waals surface area contributed by atoms with Gasteiger partial charge < -0.3 is 10.1 Å². The molecule has 0 fully saturated rings. The maximum atomic E-state index is 13.5. The van der Waals surface area contributed by atoms with Gasteiger partial charge in [0.15, 0.2) is 6.10 Å². The predicted octanol–water partition coefficient (Wildman–Crippen LogP) is 3.99. The number of halogens is 2. The van der Waals surface area contributed by atoms with Crippen molar-refractivity contribution in [3.63, 3.8) is 0 Å². The van der Waals surface area contributed by atoms with Gasteiger partial charge in [0, 0.05) is 0 Å². The average molecular weight is 305 g/mol. The third-order valence-corrected chi connectivity index (χ3v) is 3.23. The summed E-state index contributed by atoms with van der Waals surface area (Å²) in [6.45, 7) is 5.29. The van der Waals surface area contributed by atoms with Gasteiger partial charge in [-0.05, 0) is 50.1 Å². The van der Waals surface area contributed by atoms with Gasteiger partial charge in [0.1, 0.15) is 23.1 Å². The zero-order valence-corrected chi connectivity index (χ0v) is 12.6. The molecule has 5 heteroatoms. The van der Waals surface area contributed by atoms with Crippen molar-refractivity contribution in [3.05, 3.63) is 59.2 Å². The molecule has 0 bridgehead atoms. The van der Waals surface area contributed by atoms with E-state index in [1.54, 1.807) is 0 Å². The van der Waals surface area contributed by atoms with E-state index < -0.39 is 29.3 Å². The molecule has 1 atom stereocenters. The number of amides is 1. The first-order valence-electron chi connectivity index (χ1n) is 6.87. The molecule has 1 N–H and O–H groups in total. The molecule has 3 nitrogen and oxygen atoms in total. The summed E-state index contributed by atoms with van der Waals surface area (Å²) in [6.07, 6.45) is -0.889. The quantitative estimate of drug-likeness (QED) is 0.927.